The first-order valence-corrected chi connectivity index (χ1v) is 11.6. The van der Waals surface area contributed by atoms with Crippen LogP contribution in [0.15, 0.2) is 64.4 Å². The van der Waals surface area contributed by atoms with Gasteiger partial charge in [-0.25, -0.2) is 14.6 Å². The van der Waals surface area contributed by atoms with Crippen molar-refractivity contribution in [2.45, 2.75) is 31.9 Å². The number of carboxylic acids is 1. The molecule has 1 aliphatic heterocycles. The Morgan fingerprint density at radius 3 is 2.78 bits per heavy atom. The third-order valence-corrected chi connectivity index (χ3v) is 5.59. The minimum absolute atomic E-state index is 0.00562. The molecule has 0 saturated carbocycles. The molecule has 1 aromatic heterocycles. The Morgan fingerprint density at radius 2 is 2.03 bits per heavy atom. The number of rotatable bonds is 9. The second-order valence-electron chi connectivity index (χ2n) is 8.31. The Balaban J connectivity index is 1.38. The number of hydrogen-bond donors (Lipinski definition) is 4. The minimum atomic E-state index is -1.33. The number of hydrogen-bond acceptors (Lipinski definition) is 7. The van der Waals surface area contributed by atoms with Gasteiger partial charge >= 0.3 is 12.1 Å². The molecule has 4 rings (SSSR count). The smallest absolute Gasteiger partial charge is 0.408 e. The van der Waals surface area contributed by atoms with E-state index in [0.29, 0.717) is 17.4 Å². The second-order valence-corrected chi connectivity index (χ2v) is 8.31. The predicted octanol–water partition coefficient (Wildman–Crippen LogP) is 2.64. The molecule has 3 aromatic rings. The number of aliphatic carboxylic acids is 1. The SMILES string of the molecule is O=C(N[C@@H](Cc1nc2ccc(/C=C/CNC3=NCCC3)cc2c(=O)[nH]1)C(=O)O)OCc1ccccc1. The normalized spacial score (nSPS) is 13.9. The third-order valence-electron chi connectivity index (χ3n) is 5.59. The second kappa shape index (κ2) is 11.8. The molecule has 0 fully saturated rings. The van der Waals surface area contributed by atoms with E-state index in [1.165, 1.54) is 0 Å². The molecule has 0 radical (unpaired) electrons. The molecule has 0 bridgehead atoms. The topological polar surface area (TPSA) is 146 Å². The lowest BCUT2D eigenvalue weighted by molar-refractivity contribution is -0.139. The number of ether oxygens (including phenoxy) is 1. The predicted molar refractivity (Wildman–Crippen MR) is 136 cm³/mol. The first-order valence-electron chi connectivity index (χ1n) is 11.6. The molecule has 0 unspecified atom stereocenters. The van der Waals surface area contributed by atoms with Crippen molar-refractivity contribution in [3.63, 3.8) is 0 Å². The highest BCUT2D eigenvalue weighted by atomic mass is 16.5. The van der Waals surface area contributed by atoms with Crippen molar-refractivity contribution in [1.82, 2.24) is 20.6 Å². The maximum atomic E-state index is 12.7. The van der Waals surface area contributed by atoms with Crippen LogP contribution < -0.4 is 16.2 Å². The van der Waals surface area contributed by atoms with E-state index < -0.39 is 18.1 Å². The number of alkyl carbamates (subject to hydrolysis) is 1. The van der Waals surface area contributed by atoms with Crippen molar-refractivity contribution in [1.29, 1.82) is 0 Å². The van der Waals surface area contributed by atoms with Gasteiger partial charge in [0.1, 0.15) is 18.5 Å². The number of carbonyl (C=O) groups is 2. The fourth-order valence-corrected chi connectivity index (χ4v) is 3.76. The number of amidine groups is 1. The highest BCUT2D eigenvalue weighted by Crippen LogP contribution is 2.13. The van der Waals surface area contributed by atoms with Crippen LogP contribution in [0.25, 0.3) is 17.0 Å². The number of carbonyl (C=O) groups excluding carboxylic acids is 1. The van der Waals surface area contributed by atoms with Crippen LogP contribution in [-0.2, 0) is 22.6 Å². The fraction of sp³-hybridized carbons (Fsp3) is 0.269. The van der Waals surface area contributed by atoms with Gasteiger partial charge in [-0.1, -0.05) is 48.6 Å². The van der Waals surface area contributed by atoms with Crippen LogP contribution in [0, 0.1) is 0 Å². The fourth-order valence-electron chi connectivity index (χ4n) is 3.76. The van der Waals surface area contributed by atoms with E-state index in [0.717, 1.165) is 36.3 Å². The Labute approximate surface area is 207 Å². The highest BCUT2D eigenvalue weighted by molar-refractivity contribution is 5.84. The van der Waals surface area contributed by atoms with Gasteiger partial charge in [-0.3, -0.25) is 9.79 Å². The molecule has 2 heterocycles. The summed E-state index contributed by atoms with van der Waals surface area (Å²) in [5.74, 6) is -0.106. The van der Waals surface area contributed by atoms with Crippen molar-refractivity contribution in [2.24, 2.45) is 4.99 Å². The summed E-state index contributed by atoms with van der Waals surface area (Å²) < 4.78 is 5.10. The molecule has 186 valence electrons. The lowest BCUT2D eigenvalue weighted by Crippen LogP contribution is -2.43. The van der Waals surface area contributed by atoms with Crippen LogP contribution in [0.1, 0.15) is 29.8 Å². The van der Waals surface area contributed by atoms with Crippen molar-refractivity contribution in [3.8, 4) is 0 Å². The lowest BCUT2D eigenvalue weighted by atomic mass is 10.1. The molecule has 2 aromatic carbocycles. The van der Waals surface area contributed by atoms with Crippen LogP contribution in [0.2, 0.25) is 0 Å². The number of H-pyrrole nitrogens is 1. The summed E-state index contributed by atoms with van der Waals surface area (Å²) in [5, 5.41) is 15.5. The average Bonchev–Trinajstić information content (AvgIpc) is 3.39. The molecular formula is C26H27N5O5. The molecule has 1 amide bonds. The number of nitrogens with zero attached hydrogens (tertiary/aromatic N) is 2. The number of aromatic amines is 1. The molecular weight excluding hydrogens is 462 g/mol. The first-order chi connectivity index (χ1) is 17.5. The molecule has 0 spiro atoms. The van der Waals surface area contributed by atoms with Gasteiger partial charge in [0.05, 0.1) is 16.7 Å². The molecule has 1 aliphatic rings. The Hall–Kier alpha value is -4.47. The standard InChI is InChI=1S/C26H27N5O5/c32-24-19-14-17(8-4-12-27-22-9-5-13-28-22)10-11-20(19)29-23(31-24)15-21(25(33)34)30-26(35)36-16-18-6-2-1-3-7-18/h1-4,6-8,10-11,14,21H,5,9,12-13,15-16H2,(H,27,28)(H,30,35)(H,33,34)(H,29,31,32)/b8-4+/t21-/m0/s1. The van der Waals surface area contributed by atoms with E-state index in [2.05, 4.69) is 25.6 Å². The Kier molecular flexibility index (Phi) is 8.07. The lowest BCUT2D eigenvalue weighted by Gasteiger charge is -2.14. The van der Waals surface area contributed by atoms with Gasteiger partial charge in [-0.2, -0.15) is 0 Å². The van der Waals surface area contributed by atoms with E-state index in [-0.39, 0.29) is 24.4 Å². The Bertz CT molecular complexity index is 1350. The van der Waals surface area contributed by atoms with Gasteiger partial charge < -0.3 is 25.5 Å². The van der Waals surface area contributed by atoms with Crippen LogP contribution in [0.5, 0.6) is 0 Å². The first kappa shape index (κ1) is 24.6. The van der Waals surface area contributed by atoms with Crippen molar-refractivity contribution in [2.75, 3.05) is 13.1 Å². The van der Waals surface area contributed by atoms with E-state index in [1.54, 1.807) is 24.3 Å². The quantitative estimate of drug-likeness (QED) is 0.361. The van der Waals surface area contributed by atoms with Crippen molar-refractivity contribution in [3.05, 3.63) is 81.9 Å². The van der Waals surface area contributed by atoms with Crippen LogP contribution in [-0.4, -0.2) is 52.1 Å². The van der Waals surface area contributed by atoms with Crippen molar-refractivity contribution < 1.29 is 19.4 Å². The monoisotopic (exact) mass is 489 g/mol. The summed E-state index contributed by atoms with van der Waals surface area (Å²) in [6.07, 6.45) is 4.83. The van der Waals surface area contributed by atoms with Gasteiger partial charge in [0.25, 0.3) is 5.56 Å². The number of amides is 1. The summed E-state index contributed by atoms with van der Waals surface area (Å²) in [7, 11) is 0. The van der Waals surface area contributed by atoms with Crippen molar-refractivity contribution >= 4 is 34.9 Å². The molecule has 1 atom stereocenters. The maximum Gasteiger partial charge on any atom is 0.408 e. The summed E-state index contributed by atoms with van der Waals surface area (Å²) in [6, 6.07) is 13.0. The number of carboxylic acid groups (broad SMARTS) is 1. The average molecular weight is 490 g/mol. The van der Waals surface area contributed by atoms with Crippen LogP contribution in [0.3, 0.4) is 0 Å². The molecule has 10 heteroatoms. The van der Waals surface area contributed by atoms with Crippen LogP contribution in [0.4, 0.5) is 4.79 Å². The van der Waals surface area contributed by atoms with E-state index in [9.17, 15) is 19.5 Å². The van der Waals surface area contributed by atoms with E-state index in [4.69, 9.17) is 4.74 Å². The van der Waals surface area contributed by atoms with Gasteiger partial charge in [-0.05, 0) is 29.7 Å². The number of fused-ring (bicyclic) bond motifs is 1. The molecule has 0 saturated heterocycles. The van der Waals surface area contributed by atoms with Gasteiger partial charge in [0, 0.05) is 25.9 Å². The largest absolute Gasteiger partial charge is 0.480 e. The summed E-state index contributed by atoms with van der Waals surface area (Å²) >= 11 is 0. The molecule has 36 heavy (non-hydrogen) atoms. The zero-order valence-corrected chi connectivity index (χ0v) is 19.6. The molecule has 10 nitrogen and oxygen atoms in total. The third kappa shape index (κ3) is 6.78. The summed E-state index contributed by atoms with van der Waals surface area (Å²) in [4.78, 5) is 47.9. The molecule has 0 aliphatic carbocycles. The number of aliphatic imine (C=N–C) groups is 1. The summed E-state index contributed by atoms with van der Waals surface area (Å²) in [5.41, 5.74) is 1.65. The minimum Gasteiger partial charge on any atom is -0.480 e. The van der Waals surface area contributed by atoms with Gasteiger partial charge in [0.15, 0.2) is 0 Å². The number of aromatic nitrogens is 2. The van der Waals surface area contributed by atoms with Crippen LogP contribution >= 0.6 is 0 Å². The molecule has 4 N–H and O–H groups in total. The summed E-state index contributed by atoms with van der Waals surface area (Å²) in [6.45, 7) is 1.52. The Morgan fingerprint density at radius 1 is 1.19 bits per heavy atom. The van der Waals surface area contributed by atoms with Gasteiger partial charge in [0.2, 0.25) is 0 Å². The maximum absolute atomic E-state index is 12.7. The highest BCUT2D eigenvalue weighted by Gasteiger charge is 2.23. The number of benzene rings is 2. The van der Waals surface area contributed by atoms with E-state index >= 15 is 0 Å². The number of nitrogens with one attached hydrogen (secondary N) is 3. The van der Waals surface area contributed by atoms with E-state index in [1.807, 2.05) is 36.4 Å². The zero-order chi connectivity index (χ0) is 25.3. The van der Waals surface area contributed by atoms with Gasteiger partial charge in [-0.15, -0.1) is 0 Å². The zero-order valence-electron chi connectivity index (χ0n) is 19.6.